The average Bonchev–Trinajstić information content (AvgIpc) is 2.89. The van der Waals surface area contributed by atoms with E-state index in [-0.39, 0.29) is 17.0 Å². The Kier molecular flexibility index (Phi) is 4.16. The van der Waals surface area contributed by atoms with Crippen molar-refractivity contribution in [3.05, 3.63) is 82.7 Å². The summed E-state index contributed by atoms with van der Waals surface area (Å²) in [5, 5.41) is 18.4. The Bertz CT molecular complexity index is 974. The highest BCUT2D eigenvalue weighted by molar-refractivity contribution is 6.23. The van der Waals surface area contributed by atoms with Crippen LogP contribution in [0.5, 0.6) is 0 Å². The fraction of sp³-hybridized carbons (Fsp3) is 0.0500. The minimum atomic E-state index is -0.443. The molecule has 0 saturated carbocycles. The quantitative estimate of drug-likeness (QED) is 0.619. The second-order valence-electron chi connectivity index (χ2n) is 5.43. The van der Waals surface area contributed by atoms with Crippen molar-refractivity contribution in [1.82, 2.24) is 0 Å². The third-order valence-corrected chi connectivity index (χ3v) is 3.98. The van der Waals surface area contributed by atoms with Gasteiger partial charge in [0.2, 0.25) is 0 Å². The molecule has 1 heterocycles. The molecule has 0 saturated heterocycles. The summed E-state index contributed by atoms with van der Waals surface area (Å²) in [7, 11) is 0. The van der Waals surface area contributed by atoms with E-state index in [9.17, 15) is 19.7 Å². The number of benzene rings is 2. The highest BCUT2D eigenvalue weighted by atomic mass is 19.1. The van der Waals surface area contributed by atoms with Gasteiger partial charge in [-0.3, -0.25) is 9.69 Å². The van der Waals surface area contributed by atoms with E-state index in [1.54, 1.807) is 55.5 Å². The second-order valence-corrected chi connectivity index (χ2v) is 5.43. The first-order valence-corrected chi connectivity index (χ1v) is 7.49. The summed E-state index contributed by atoms with van der Waals surface area (Å²) >= 11 is 0. The van der Waals surface area contributed by atoms with Gasteiger partial charge in [-0.15, -0.1) is 0 Å². The third-order valence-electron chi connectivity index (χ3n) is 3.98. The lowest BCUT2D eigenvalue weighted by molar-refractivity contribution is -0.113. The zero-order chi connectivity index (χ0) is 18.0. The minimum absolute atomic E-state index is 0.0770. The number of carbonyl (C=O) groups is 1. The fourth-order valence-electron chi connectivity index (χ4n) is 2.87. The molecule has 120 valence electrons. The lowest BCUT2D eigenvalue weighted by Gasteiger charge is -2.21. The van der Waals surface area contributed by atoms with Crippen LogP contribution in [0, 0.1) is 28.5 Å². The summed E-state index contributed by atoms with van der Waals surface area (Å²) in [6, 6.07) is 18.2. The van der Waals surface area contributed by atoms with Crippen LogP contribution in [0.3, 0.4) is 0 Å². The molecule has 0 unspecified atom stereocenters. The Morgan fingerprint density at radius 1 is 1.00 bits per heavy atom. The number of halogens is 1. The van der Waals surface area contributed by atoms with Crippen LogP contribution < -0.4 is 4.90 Å². The molecule has 1 aliphatic rings. The van der Waals surface area contributed by atoms with Crippen molar-refractivity contribution >= 4 is 17.3 Å². The van der Waals surface area contributed by atoms with E-state index in [1.165, 1.54) is 17.0 Å². The fourth-order valence-corrected chi connectivity index (χ4v) is 2.87. The number of para-hydroxylation sites is 1. The van der Waals surface area contributed by atoms with Gasteiger partial charge in [-0.05, 0) is 54.5 Å². The van der Waals surface area contributed by atoms with Gasteiger partial charge in [-0.1, -0.05) is 18.2 Å². The molecule has 25 heavy (non-hydrogen) atoms. The van der Waals surface area contributed by atoms with Crippen LogP contribution in [0.15, 0.2) is 71.3 Å². The Morgan fingerprint density at radius 2 is 1.60 bits per heavy atom. The Balaban J connectivity index is 2.30. The number of nitriles is 2. The van der Waals surface area contributed by atoms with Gasteiger partial charge < -0.3 is 0 Å². The molecule has 5 heteroatoms. The van der Waals surface area contributed by atoms with E-state index in [1.807, 2.05) is 6.07 Å². The molecule has 1 amide bonds. The average molecular weight is 329 g/mol. The van der Waals surface area contributed by atoms with Gasteiger partial charge >= 0.3 is 0 Å². The number of carbonyl (C=O) groups excluding carboxylic acids is 1. The summed E-state index contributed by atoms with van der Waals surface area (Å²) in [5.41, 5.74) is 2.12. The number of hydrogen-bond donors (Lipinski definition) is 0. The predicted molar refractivity (Wildman–Crippen MR) is 91.2 cm³/mol. The first kappa shape index (κ1) is 16.2. The SMILES string of the molecule is CC1=C(c2ccc(F)cc2)N(c2ccccc2)C(=O)C1=C(C#N)C#N. The van der Waals surface area contributed by atoms with Crippen LogP contribution in [0.2, 0.25) is 0 Å². The van der Waals surface area contributed by atoms with Crippen molar-refractivity contribution in [2.24, 2.45) is 0 Å². The molecule has 0 bridgehead atoms. The van der Waals surface area contributed by atoms with E-state index in [2.05, 4.69) is 0 Å². The smallest absolute Gasteiger partial charge is 0.265 e. The number of anilines is 1. The van der Waals surface area contributed by atoms with Crippen molar-refractivity contribution in [3.63, 3.8) is 0 Å². The number of hydrogen-bond acceptors (Lipinski definition) is 3. The number of nitrogens with zero attached hydrogens (tertiary/aromatic N) is 3. The maximum absolute atomic E-state index is 13.3. The van der Waals surface area contributed by atoms with Gasteiger partial charge in [-0.2, -0.15) is 10.5 Å². The molecule has 0 radical (unpaired) electrons. The number of allylic oxidation sites excluding steroid dienone is 1. The molecular formula is C20H12FN3O. The van der Waals surface area contributed by atoms with Gasteiger partial charge in [0, 0.05) is 5.69 Å². The van der Waals surface area contributed by atoms with Crippen LogP contribution in [0.4, 0.5) is 10.1 Å². The van der Waals surface area contributed by atoms with Crippen molar-refractivity contribution < 1.29 is 9.18 Å². The molecule has 2 aromatic rings. The normalized spacial score (nSPS) is 13.7. The summed E-state index contributed by atoms with van der Waals surface area (Å²) in [5.74, 6) is -0.829. The lowest BCUT2D eigenvalue weighted by atomic mass is 10.0. The molecule has 0 aromatic heterocycles. The van der Waals surface area contributed by atoms with Crippen molar-refractivity contribution in [2.75, 3.05) is 4.90 Å². The topological polar surface area (TPSA) is 67.9 Å². The molecular weight excluding hydrogens is 317 g/mol. The number of rotatable bonds is 2. The van der Waals surface area contributed by atoms with Crippen molar-refractivity contribution in [3.8, 4) is 12.1 Å². The molecule has 4 nitrogen and oxygen atoms in total. The highest BCUT2D eigenvalue weighted by Crippen LogP contribution is 2.40. The summed E-state index contributed by atoms with van der Waals surface area (Å²) in [4.78, 5) is 14.4. The summed E-state index contributed by atoms with van der Waals surface area (Å²) in [6.07, 6.45) is 0. The van der Waals surface area contributed by atoms with Gasteiger partial charge in [0.25, 0.3) is 5.91 Å². The van der Waals surface area contributed by atoms with Crippen LogP contribution in [0.25, 0.3) is 5.70 Å². The van der Waals surface area contributed by atoms with Gasteiger partial charge in [0.05, 0.1) is 11.3 Å². The van der Waals surface area contributed by atoms with Gasteiger partial charge in [0.1, 0.15) is 23.5 Å². The molecule has 3 rings (SSSR count). The molecule has 0 atom stereocenters. The van der Waals surface area contributed by atoms with Crippen LogP contribution in [-0.4, -0.2) is 5.91 Å². The molecule has 0 aliphatic carbocycles. The van der Waals surface area contributed by atoms with Crippen LogP contribution in [-0.2, 0) is 4.79 Å². The van der Waals surface area contributed by atoms with E-state index in [0.29, 0.717) is 22.5 Å². The van der Waals surface area contributed by atoms with E-state index in [0.717, 1.165) is 0 Å². The second kappa shape index (κ2) is 6.43. The molecule has 2 aromatic carbocycles. The lowest BCUT2D eigenvalue weighted by Crippen LogP contribution is -2.25. The first-order chi connectivity index (χ1) is 12.1. The zero-order valence-electron chi connectivity index (χ0n) is 13.3. The van der Waals surface area contributed by atoms with Crippen molar-refractivity contribution in [1.29, 1.82) is 10.5 Å². The van der Waals surface area contributed by atoms with E-state index < -0.39 is 5.91 Å². The summed E-state index contributed by atoms with van der Waals surface area (Å²) < 4.78 is 13.3. The largest absolute Gasteiger partial charge is 0.276 e. The Labute approximate surface area is 144 Å². The van der Waals surface area contributed by atoms with Crippen molar-refractivity contribution in [2.45, 2.75) is 6.92 Å². The van der Waals surface area contributed by atoms with Crippen LogP contribution in [0.1, 0.15) is 12.5 Å². The third kappa shape index (κ3) is 2.69. The molecule has 0 fully saturated rings. The molecule has 0 spiro atoms. The van der Waals surface area contributed by atoms with Gasteiger partial charge in [0.15, 0.2) is 0 Å². The van der Waals surface area contributed by atoms with Crippen LogP contribution >= 0.6 is 0 Å². The van der Waals surface area contributed by atoms with Gasteiger partial charge in [-0.25, -0.2) is 4.39 Å². The zero-order valence-corrected chi connectivity index (χ0v) is 13.3. The summed E-state index contributed by atoms with van der Waals surface area (Å²) in [6.45, 7) is 1.68. The maximum atomic E-state index is 13.3. The van der Waals surface area contributed by atoms with E-state index in [4.69, 9.17) is 0 Å². The molecule has 1 aliphatic heterocycles. The monoisotopic (exact) mass is 329 g/mol. The highest BCUT2D eigenvalue weighted by Gasteiger charge is 2.36. The standard InChI is InChI=1S/C20H12FN3O/c1-13-18(15(11-22)12-23)20(25)24(17-5-3-2-4-6-17)19(13)14-7-9-16(21)10-8-14/h2-10H,1H3. The predicted octanol–water partition coefficient (Wildman–Crippen LogP) is 3.95. The number of amides is 1. The minimum Gasteiger partial charge on any atom is -0.276 e. The molecule has 0 N–H and O–H groups in total. The maximum Gasteiger partial charge on any atom is 0.265 e. The van der Waals surface area contributed by atoms with E-state index >= 15 is 0 Å². The Morgan fingerprint density at radius 3 is 2.16 bits per heavy atom. The first-order valence-electron chi connectivity index (χ1n) is 7.49. The Hall–Kier alpha value is -3.70.